The predicted octanol–water partition coefficient (Wildman–Crippen LogP) is 3.81. The highest BCUT2D eigenvalue weighted by atomic mass is 127. The standard InChI is InChI=1S/C21H23F3N4O2.HI/c1-25-21(26-10-14-4-2-3-5-17(14)30-12-13-6-7-13)27-11-18(29)28-16-9-8-15(22)19(23)20(16)24;/h2-5,8-9,13H,6-7,10-12H2,1H3,(H,28,29)(H2,25,26,27);1H. The molecule has 168 valence electrons. The van der Waals surface area contributed by atoms with E-state index in [4.69, 9.17) is 4.74 Å². The van der Waals surface area contributed by atoms with Crippen LogP contribution in [-0.2, 0) is 11.3 Å². The van der Waals surface area contributed by atoms with Crippen LogP contribution in [-0.4, -0.2) is 32.1 Å². The highest BCUT2D eigenvalue weighted by Crippen LogP contribution is 2.30. The Morgan fingerprint density at radius 1 is 1.10 bits per heavy atom. The lowest BCUT2D eigenvalue weighted by Crippen LogP contribution is -2.41. The Hall–Kier alpha value is -2.50. The molecule has 2 aromatic rings. The molecule has 6 nitrogen and oxygen atoms in total. The van der Waals surface area contributed by atoms with Crippen LogP contribution in [0, 0.1) is 23.4 Å². The summed E-state index contributed by atoms with van der Waals surface area (Å²) in [6, 6.07) is 9.34. The Bertz CT molecular complexity index is 939. The lowest BCUT2D eigenvalue weighted by atomic mass is 10.2. The summed E-state index contributed by atoms with van der Waals surface area (Å²) in [7, 11) is 1.54. The molecule has 0 atom stereocenters. The van der Waals surface area contributed by atoms with Crippen molar-refractivity contribution in [3.63, 3.8) is 0 Å². The number of nitrogens with zero attached hydrogens (tertiary/aromatic N) is 1. The van der Waals surface area contributed by atoms with Crippen molar-refractivity contribution in [1.82, 2.24) is 10.6 Å². The van der Waals surface area contributed by atoms with Crippen molar-refractivity contribution in [2.24, 2.45) is 10.9 Å². The fourth-order valence-electron chi connectivity index (χ4n) is 2.66. The molecule has 1 saturated carbocycles. The van der Waals surface area contributed by atoms with E-state index in [9.17, 15) is 18.0 Å². The van der Waals surface area contributed by atoms with Crippen LogP contribution in [0.3, 0.4) is 0 Å². The number of amides is 1. The molecule has 2 aromatic carbocycles. The number of para-hydroxylation sites is 1. The highest BCUT2D eigenvalue weighted by Gasteiger charge is 2.22. The first-order chi connectivity index (χ1) is 14.5. The Kier molecular flexibility index (Phi) is 9.41. The van der Waals surface area contributed by atoms with Gasteiger partial charge in [-0.05, 0) is 37.0 Å². The number of guanidine groups is 1. The van der Waals surface area contributed by atoms with Gasteiger partial charge in [0, 0.05) is 19.2 Å². The zero-order chi connectivity index (χ0) is 21.5. The average molecular weight is 548 g/mol. The van der Waals surface area contributed by atoms with Crippen molar-refractivity contribution < 1.29 is 22.7 Å². The molecular weight excluding hydrogens is 524 g/mol. The molecule has 1 aliphatic rings. The lowest BCUT2D eigenvalue weighted by molar-refractivity contribution is -0.115. The summed E-state index contributed by atoms with van der Waals surface area (Å²) in [6.45, 7) is 0.864. The zero-order valence-electron chi connectivity index (χ0n) is 16.9. The Morgan fingerprint density at radius 3 is 2.55 bits per heavy atom. The largest absolute Gasteiger partial charge is 0.493 e. The fraction of sp³-hybridized carbons (Fsp3) is 0.333. The summed E-state index contributed by atoms with van der Waals surface area (Å²) >= 11 is 0. The van der Waals surface area contributed by atoms with E-state index in [0.29, 0.717) is 25.0 Å². The van der Waals surface area contributed by atoms with E-state index in [2.05, 4.69) is 20.9 Å². The van der Waals surface area contributed by atoms with E-state index in [1.54, 1.807) is 0 Å². The second kappa shape index (κ2) is 11.8. The summed E-state index contributed by atoms with van der Waals surface area (Å²) in [4.78, 5) is 16.0. The number of rotatable bonds is 8. The molecule has 10 heteroatoms. The monoisotopic (exact) mass is 548 g/mol. The van der Waals surface area contributed by atoms with Gasteiger partial charge >= 0.3 is 0 Å². The second-order valence-corrected chi connectivity index (χ2v) is 6.91. The van der Waals surface area contributed by atoms with Gasteiger partial charge in [0.2, 0.25) is 5.91 Å². The van der Waals surface area contributed by atoms with Crippen molar-refractivity contribution in [3.05, 3.63) is 59.4 Å². The number of hydrogen-bond donors (Lipinski definition) is 3. The normalized spacial score (nSPS) is 13.2. The van der Waals surface area contributed by atoms with Gasteiger partial charge in [-0.15, -0.1) is 24.0 Å². The number of halogens is 4. The number of benzene rings is 2. The minimum atomic E-state index is -1.64. The zero-order valence-corrected chi connectivity index (χ0v) is 19.2. The molecular formula is C21H24F3IN4O2. The van der Waals surface area contributed by atoms with Gasteiger partial charge < -0.3 is 20.7 Å². The van der Waals surface area contributed by atoms with Crippen molar-refractivity contribution in [2.45, 2.75) is 19.4 Å². The van der Waals surface area contributed by atoms with Gasteiger partial charge in [-0.3, -0.25) is 9.79 Å². The number of anilines is 1. The number of carbonyl (C=O) groups excluding carboxylic acids is 1. The van der Waals surface area contributed by atoms with Gasteiger partial charge in [0.1, 0.15) is 5.75 Å². The molecule has 0 unspecified atom stereocenters. The molecule has 0 heterocycles. The van der Waals surface area contributed by atoms with Crippen LogP contribution in [0.2, 0.25) is 0 Å². The van der Waals surface area contributed by atoms with Crippen LogP contribution >= 0.6 is 24.0 Å². The summed E-state index contributed by atoms with van der Waals surface area (Å²) in [5.74, 6) is -3.29. The summed E-state index contributed by atoms with van der Waals surface area (Å²) in [6.07, 6.45) is 2.40. The lowest BCUT2D eigenvalue weighted by Gasteiger charge is -2.15. The van der Waals surface area contributed by atoms with Crippen molar-refractivity contribution >= 4 is 41.5 Å². The Labute approximate surface area is 195 Å². The second-order valence-electron chi connectivity index (χ2n) is 6.91. The Balaban J connectivity index is 0.00000341. The minimum Gasteiger partial charge on any atom is -0.493 e. The third-order valence-corrected chi connectivity index (χ3v) is 4.54. The van der Waals surface area contributed by atoms with Gasteiger partial charge in [0.05, 0.1) is 18.8 Å². The van der Waals surface area contributed by atoms with E-state index in [-0.39, 0.29) is 30.5 Å². The first kappa shape index (κ1) is 24.8. The molecule has 0 radical (unpaired) electrons. The van der Waals surface area contributed by atoms with Gasteiger partial charge in [0.25, 0.3) is 0 Å². The van der Waals surface area contributed by atoms with Crippen molar-refractivity contribution in [3.8, 4) is 5.75 Å². The van der Waals surface area contributed by atoms with Crippen LogP contribution in [0.4, 0.5) is 18.9 Å². The maximum atomic E-state index is 13.7. The third-order valence-electron chi connectivity index (χ3n) is 4.54. The van der Waals surface area contributed by atoms with Crippen LogP contribution in [0.5, 0.6) is 5.75 Å². The molecule has 0 saturated heterocycles. The first-order valence-corrected chi connectivity index (χ1v) is 9.56. The smallest absolute Gasteiger partial charge is 0.243 e. The topological polar surface area (TPSA) is 74.8 Å². The third kappa shape index (κ3) is 7.30. The molecule has 0 aliphatic heterocycles. The number of hydrogen-bond acceptors (Lipinski definition) is 3. The molecule has 0 bridgehead atoms. The molecule has 1 aliphatic carbocycles. The van der Waals surface area contributed by atoms with Crippen LogP contribution in [0.25, 0.3) is 0 Å². The van der Waals surface area contributed by atoms with E-state index in [1.807, 2.05) is 24.3 Å². The number of nitrogens with one attached hydrogen (secondary N) is 3. The molecule has 1 fully saturated rings. The predicted molar refractivity (Wildman–Crippen MR) is 123 cm³/mol. The van der Waals surface area contributed by atoms with E-state index >= 15 is 0 Å². The number of ether oxygens (including phenoxy) is 1. The van der Waals surface area contributed by atoms with Gasteiger partial charge in [0.15, 0.2) is 23.4 Å². The van der Waals surface area contributed by atoms with Crippen LogP contribution < -0.4 is 20.7 Å². The van der Waals surface area contributed by atoms with Crippen LogP contribution in [0.15, 0.2) is 41.4 Å². The van der Waals surface area contributed by atoms with Crippen molar-refractivity contribution in [1.29, 1.82) is 0 Å². The SMILES string of the molecule is CN=C(NCC(=O)Nc1ccc(F)c(F)c1F)NCc1ccccc1OCC1CC1.I. The number of carbonyl (C=O) groups is 1. The van der Waals surface area contributed by atoms with Crippen molar-refractivity contribution in [2.75, 3.05) is 25.5 Å². The molecule has 31 heavy (non-hydrogen) atoms. The van der Waals surface area contributed by atoms with Gasteiger partial charge in [-0.25, -0.2) is 13.2 Å². The fourth-order valence-corrected chi connectivity index (χ4v) is 2.66. The summed E-state index contributed by atoms with van der Waals surface area (Å²) in [5, 5.41) is 8.04. The van der Waals surface area contributed by atoms with E-state index in [0.717, 1.165) is 23.4 Å². The summed E-state index contributed by atoms with van der Waals surface area (Å²) in [5.41, 5.74) is 0.500. The maximum Gasteiger partial charge on any atom is 0.243 e. The molecule has 0 aromatic heterocycles. The average Bonchev–Trinajstić information content (AvgIpc) is 3.58. The molecule has 3 rings (SSSR count). The van der Waals surface area contributed by atoms with Crippen LogP contribution in [0.1, 0.15) is 18.4 Å². The highest BCUT2D eigenvalue weighted by molar-refractivity contribution is 14.0. The van der Waals surface area contributed by atoms with Gasteiger partial charge in [-0.1, -0.05) is 18.2 Å². The summed E-state index contributed by atoms with van der Waals surface area (Å²) < 4.78 is 45.7. The minimum absolute atomic E-state index is 0. The quantitative estimate of drug-likeness (QED) is 0.203. The molecule has 1 amide bonds. The maximum absolute atomic E-state index is 13.7. The molecule has 0 spiro atoms. The van der Waals surface area contributed by atoms with E-state index in [1.165, 1.54) is 19.9 Å². The van der Waals surface area contributed by atoms with Gasteiger partial charge in [-0.2, -0.15) is 0 Å². The first-order valence-electron chi connectivity index (χ1n) is 9.56. The Morgan fingerprint density at radius 2 is 1.84 bits per heavy atom. The molecule has 3 N–H and O–H groups in total. The number of aliphatic imine (C=N–C) groups is 1. The van der Waals surface area contributed by atoms with E-state index < -0.39 is 29.0 Å².